The maximum atomic E-state index is 12.3. The number of thioether (sulfide) groups is 1. The molecule has 1 amide bonds. The second kappa shape index (κ2) is 8.14. The number of methoxy groups -OCH3 is 1. The average Bonchev–Trinajstić information content (AvgIpc) is 2.92. The quantitative estimate of drug-likeness (QED) is 0.407. The summed E-state index contributed by atoms with van der Waals surface area (Å²) < 4.78 is 7.35. The van der Waals surface area contributed by atoms with Crippen LogP contribution in [0.3, 0.4) is 0 Å². The van der Waals surface area contributed by atoms with E-state index in [1.54, 1.807) is 7.11 Å². The van der Waals surface area contributed by atoms with Gasteiger partial charge in [-0.3, -0.25) is 4.79 Å². The van der Waals surface area contributed by atoms with Gasteiger partial charge < -0.3 is 10.1 Å². The number of hydrogen-bond donors (Lipinski definition) is 1. The average molecular weight is 543 g/mol. The Morgan fingerprint density at radius 3 is 2.54 bits per heavy atom. The van der Waals surface area contributed by atoms with Gasteiger partial charge in [-0.2, -0.15) is 0 Å². The van der Waals surface area contributed by atoms with Crippen LogP contribution in [0.4, 0.5) is 5.69 Å². The number of aliphatic imine (C=N–C) groups is 1. The molecule has 1 saturated heterocycles. The Labute approximate surface area is 178 Å². The Balaban J connectivity index is 1.85. The van der Waals surface area contributed by atoms with Gasteiger partial charge in [-0.25, -0.2) is 4.99 Å². The van der Waals surface area contributed by atoms with Gasteiger partial charge in [-0.1, -0.05) is 22.0 Å². The van der Waals surface area contributed by atoms with Crippen LogP contribution >= 0.6 is 50.3 Å². The van der Waals surface area contributed by atoms with Gasteiger partial charge in [0.15, 0.2) is 5.17 Å². The Hall–Kier alpha value is -1.32. The van der Waals surface area contributed by atoms with Crippen LogP contribution < -0.4 is 10.1 Å². The molecule has 134 valence electrons. The molecule has 0 aliphatic carbocycles. The molecule has 0 unspecified atom stereocenters. The highest BCUT2D eigenvalue weighted by Gasteiger charge is 2.24. The van der Waals surface area contributed by atoms with Crippen LogP contribution in [0.25, 0.3) is 6.08 Å². The summed E-state index contributed by atoms with van der Waals surface area (Å²) in [6.45, 7) is 4.05. The number of rotatable bonds is 3. The van der Waals surface area contributed by atoms with Crippen molar-refractivity contribution < 1.29 is 9.53 Å². The Morgan fingerprint density at radius 1 is 1.23 bits per heavy atom. The molecule has 1 N–H and O–H groups in total. The zero-order valence-electron chi connectivity index (χ0n) is 14.4. The number of ether oxygens (including phenoxy) is 1. The summed E-state index contributed by atoms with van der Waals surface area (Å²) in [5.41, 5.74) is 4.00. The number of aryl methyl sites for hydroxylation is 2. The lowest BCUT2D eigenvalue weighted by Gasteiger charge is -2.05. The van der Waals surface area contributed by atoms with Gasteiger partial charge in [0.2, 0.25) is 0 Å². The molecule has 2 aromatic carbocycles. The number of hydrogen-bond acceptors (Lipinski definition) is 4. The van der Waals surface area contributed by atoms with E-state index >= 15 is 0 Å². The third kappa shape index (κ3) is 4.32. The van der Waals surface area contributed by atoms with E-state index in [1.807, 2.05) is 50.3 Å². The van der Waals surface area contributed by atoms with Crippen molar-refractivity contribution in [3.05, 3.63) is 60.0 Å². The van der Waals surface area contributed by atoms with E-state index in [0.717, 1.165) is 36.2 Å². The van der Waals surface area contributed by atoms with Crippen molar-refractivity contribution in [1.82, 2.24) is 5.32 Å². The molecule has 0 spiro atoms. The van der Waals surface area contributed by atoms with E-state index in [-0.39, 0.29) is 5.91 Å². The minimum Gasteiger partial charge on any atom is -0.496 e. The van der Waals surface area contributed by atoms with Gasteiger partial charge in [0.05, 0.1) is 21.3 Å². The molecule has 26 heavy (non-hydrogen) atoms. The van der Waals surface area contributed by atoms with Crippen molar-refractivity contribution >= 4 is 73.1 Å². The van der Waals surface area contributed by atoms with Crippen molar-refractivity contribution in [3.8, 4) is 5.75 Å². The fraction of sp³-hybridized carbons (Fsp3) is 0.158. The van der Waals surface area contributed by atoms with Crippen molar-refractivity contribution in [3.63, 3.8) is 0 Å². The molecule has 1 aliphatic rings. The van der Waals surface area contributed by atoms with E-state index in [2.05, 4.69) is 48.8 Å². The Kier molecular flexibility index (Phi) is 6.09. The van der Waals surface area contributed by atoms with Crippen LogP contribution in [-0.2, 0) is 4.79 Å². The third-order valence-electron chi connectivity index (χ3n) is 3.78. The van der Waals surface area contributed by atoms with Crippen LogP contribution in [0.1, 0.15) is 16.7 Å². The highest BCUT2D eigenvalue weighted by atomic mass is 127. The molecule has 0 aromatic heterocycles. The standard InChI is InChI=1S/C19H16BrIN2O2S/c1-10-6-13(7-11(2)17(10)20)22-19-23-18(24)16(26-19)9-12-4-5-15(25-3)14(21)8-12/h4-9H,1-3H3,(H,22,23,24)/b16-9-. The Bertz CT molecular complexity index is 934. The molecular formula is C19H16BrIN2O2S. The number of amidine groups is 1. The van der Waals surface area contributed by atoms with Crippen LogP contribution in [0, 0.1) is 17.4 Å². The molecule has 0 bridgehead atoms. The van der Waals surface area contributed by atoms with Gasteiger partial charge in [-0.05, 0) is 95.2 Å². The van der Waals surface area contributed by atoms with Crippen LogP contribution in [0.15, 0.2) is 44.7 Å². The largest absolute Gasteiger partial charge is 0.496 e. The third-order valence-corrected chi connectivity index (χ3v) is 6.78. The minimum absolute atomic E-state index is 0.134. The molecule has 3 rings (SSSR count). The van der Waals surface area contributed by atoms with Crippen LogP contribution in [0.5, 0.6) is 5.75 Å². The highest BCUT2D eigenvalue weighted by Crippen LogP contribution is 2.31. The van der Waals surface area contributed by atoms with Crippen molar-refractivity contribution in [2.45, 2.75) is 13.8 Å². The fourth-order valence-corrected chi connectivity index (χ4v) is 4.34. The SMILES string of the molecule is COc1ccc(/C=C2\SC(=Nc3cc(C)c(Br)c(C)c3)NC2=O)cc1I. The number of halogens is 2. The summed E-state index contributed by atoms with van der Waals surface area (Å²) >= 11 is 7.12. The first kappa shape index (κ1) is 19.4. The summed E-state index contributed by atoms with van der Waals surface area (Å²) in [4.78, 5) is 17.5. The maximum Gasteiger partial charge on any atom is 0.264 e. The molecule has 2 aromatic rings. The molecule has 0 saturated carbocycles. The number of benzene rings is 2. The van der Waals surface area contributed by atoms with Crippen LogP contribution in [-0.4, -0.2) is 18.2 Å². The van der Waals surface area contributed by atoms with E-state index in [1.165, 1.54) is 11.8 Å². The van der Waals surface area contributed by atoms with Gasteiger partial charge in [0.1, 0.15) is 5.75 Å². The lowest BCUT2D eigenvalue weighted by Crippen LogP contribution is -2.19. The number of carbonyl (C=O) groups is 1. The van der Waals surface area contributed by atoms with Gasteiger partial charge in [0, 0.05) is 4.47 Å². The monoisotopic (exact) mass is 542 g/mol. The second-order valence-electron chi connectivity index (χ2n) is 5.77. The number of amides is 1. The van der Waals surface area contributed by atoms with Crippen molar-refractivity contribution in [1.29, 1.82) is 0 Å². The summed E-state index contributed by atoms with van der Waals surface area (Å²) in [6.07, 6.45) is 1.86. The summed E-state index contributed by atoms with van der Waals surface area (Å²) in [7, 11) is 1.64. The molecule has 1 heterocycles. The topological polar surface area (TPSA) is 50.7 Å². The lowest BCUT2D eigenvalue weighted by atomic mass is 10.1. The van der Waals surface area contributed by atoms with E-state index in [9.17, 15) is 4.79 Å². The lowest BCUT2D eigenvalue weighted by molar-refractivity contribution is -0.115. The van der Waals surface area contributed by atoms with Crippen LogP contribution in [0.2, 0.25) is 0 Å². The smallest absolute Gasteiger partial charge is 0.264 e. The number of carbonyl (C=O) groups excluding carboxylic acids is 1. The van der Waals surface area contributed by atoms with Crippen molar-refractivity contribution in [2.24, 2.45) is 4.99 Å². The molecule has 0 atom stereocenters. The first-order valence-corrected chi connectivity index (χ1v) is 10.5. The summed E-state index contributed by atoms with van der Waals surface area (Å²) in [5, 5.41) is 3.42. The van der Waals surface area contributed by atoms with E-state index in [0.29, 0.717) is 10.1 Å². The second-order valence-corrected chi connectivity index (χ2v) is 8.76. The van der Waals surface area contributed by atoms with E-state index in [4.69, 9.17) is 4.74 Å². The predicted molar refractivity (Wildman–Crippen MR) is 120 cm³/mol. The zero-order chi connectivity index (χ0) is 18.8. The predicted octanol–water partition coefficient (Wildman–Crippen LogP) is 5.57. The Morgan fingerprint density at radius 2 is 1.92 bits per heavy atom. The van der Waals surface area contributed by atoms with Gasteiger partial charge >= 0.3 is 0 Å². The van der Waals surface area contributed by atoms with Gasteiger partial charge in [-0.15, -0.1) is 0 Å². The molecular weight excluding hydrogens is 527 g/mol. The fourth-order valence-electron chi connectivity index (χ4n) is 2.51. The van der Waals surface area contributed by atoms with Crippen molar-refractivity contribution in [2.75, 3.05) is 7.11 Å². The highest BCUT2D eigenvalue weighted by molar-refractivity contribution is 14.1. The first-order chi connectivity index (χ1) is 12.4. The molecule has 0 radical (unpaired) electrons. The number of nitrogens with one attached hydrogen (secondary N) is 1. The number of nitrogens with zero attached hydrogens (tertiary/aromatic N) is 1. The molecule has 1 fully saturated rings. The minimum atomic E-state index is -0.134. The summed E-state index contributed by atoms with van der Waals surface area (Å²) in [5.74, 6) is 0.685. The molecule has 7 heteroatoms. The maximum absolute atomic E-state index is 12.3. The zero-order valence-corrected chi connectivity index (χ0v) is 19.0. The van der Waals surface area contributed by atoms with E-state index < -0.39 is 0 Å². The normalized spacial score (nSPS) is 17.0. The summed E-state index contributed by atoms with van der Waals surface area (Å²) in [6, 6.07) is 9.79. The first-order valence-electron chi connectivity index (χ1n) is 7.77. The van der Waals surface area contributed by atoms with Gasteiger partial charge in [0.25, 0.3) is 5.91 Å². The molecule has 1 aliphatic heterocycles. The molecule has 4 nitrogen and oxygen atoms in total.